The quantitative estimate of drug-likeness (QED) is 0.313. The predicted molar refractivity (Wildman–Crippen MR) is 131 cm³/mol. The molecule has 13 heteroatoms. The average molecular weight is 542 g/mol. The molecule has 12 nitrogen and oxygen atoms in total. The fourth-order valence-electron chi connectivity index (χ4n) is 4.02. The first-order valence-electron chi connectivity index (χ1n) is 12.4. The van der Waals surface area contributed by atoms with Gasteiger partial charge in [0.15, 0.2) is 0 Å². The molecule has 1 saturated heterocycles. The topological polar surface area (TPSA) is 177 Å². The van der Waals surface area contributed by atoms with E-state index < -0.39 is 60.4 Å². The minimum absolute atomic E-state index is 0.0405. The number of aliphatic carboxylic acids is 1. The van der Waals surface area contributed by atoms with Gasteiger partial charge in [0.25, 0.3) is 5.91 Å². The number of carbonyl (C=O) groups excluding carboxylic acids is 3. The molecule has 1 aliphatic heterocycles. The molecule has 0 bridgehead atoms. The Morgan fingerprint density at radius 1 is 1.03 bits per heavy atom. The second-order valence-corrected chi connectivity index (χ2v) is 9.18. The number of aliphatic hydroxyl groups is 3. The minimum Gasteiger partial charge on any atom is -0.481 e. The Hall–Kier alpha value is -3.13. The maximum absolute atomic E-state index is 13.4. The summed E-state index contributed by atoms with van der Waals surface area (Å²) < 4.78 is 18.8. The second kappa shape index (κ2) is 15.3. The van der Waals surface area contributed by atoms with E-state index >= 15 is 0 Å². The fourth-order valence-corrected chi connectivity index (χ4v) is 4.02. The van der Waals surface area contributed by atoms with Crippen LogP contribution in [0.25, 0.3) is 0 Å². The molecule has 5 N–H and O–H groups in total. The van der Waals surface area contributed by atoms with Gasteiger partial charge in [-0.25, -0.2) is 4.39 Å². The number of nitrogens with one attached hydrogen (secondary N) is 1. The molecule has 0 aromatic heterocycles. The van der Waals surface area contributed by atoms with E-state index in [0.29, 0.717) is 12.8 Å². The Bertz CT molecular complexity index is 947. The van der Waals surface area contributed by atoms with Gasteiger partial charge >= 0.3 is 5.97 Å². The van der Waals surface area contributed by atoms with E-state index in [0.717, 1.165) is 12.1 Å². The zero-order valence-electron chi connectivity index (χ0n) is 21.3. The zero-order valence-corrected chi connectivity index (χ0v) is 21.3. The summed E-state index contributed by atoms with van der Waals surface area (Å²) in [6.45, 7) is 0.816. The van der Waals surface area contributed by atoms with Crippen molar-refractivity contribution in [3.8, 4) is 0 Å². The summed E-state index contributed by atoms with van der Waals surface area (Å²) in [6.07, 6.45) is -4.12. The highest BCUT2D eigenvalue weighted by Gasteiger charge is 2.31. The van der Waals surface area contributed by atoms with Crippen LogP contribution in [-0.2, 0) is 19.1 Å². The number of hydrogen-bond donors (Lipinski definition) is 5. The van der Waals surface area contributed by atoms with Crippen molar-refractivity contribution in [2.75, 3.05) is 39.4 Å². The van der Waals surface area contributed by atoms with Gasteiger partial charge in [-0.05, 0) is 43.5 Å². The summed E-state index contributed by atoms with van der Waals surface area (Å²) in [5.74, 6) is -3.32. The highest BCUT2D eigenvalue weighted by atomic mass is 19.1. The van der Waals surface area contributed by atoms with Gasteiger partial charge in [0.05, 0.1) is 6.61 Å². The van der Waals surface area contributed by atoms with Gasteiger partial charge in [-0.3, -0.25) is 19.2 Å². The smallest absolute Gasteiger partial charge is 0.303 e. The molecule has 212 valence electrons. The van der Waals surface area contributed by atoms with Crippen molar-refractivity contribution in [1.82, 2.24) is 15.1 Å². The fraction of sp³-hybridized carbons (Fsp3) is 0.600. The number of halogens is 1. The highest BCUT2D eigenvalue weighted by Crippen LogP contribution is 2.13. The molecule has 1 aliphatic rings. The van der Waals surface area contributed by atoms with Crippen LogP contribution in [0.1, 0.15) is 43.0 Å². The number of hydrogen-bond acceptors (Lipinski definition) is 8. The van der Waals surface area contributed by atoms with Gasteiger partial charge in [0, 0.05) is 51.7 Å². The van der Waals surface area contributed by atoms with E-state index in [9.17, 15) is 38.9 Å². The molecule has 1 aromatic rings. The number of benzene rings is 1. The number of aliphatic hydroxyl groups excluding tert-OH is 3. The molecule has 4 atom stereocenters. The van der Waals surface area contributed by atoms with E-state index in [-0.39, 0.29) is 51.3 Å². The normalized spacial score (nSPS) is 22.7. The van der Waals surface area contributed by atoms with Gasteiger partial charge < -0.3 is 40.3 Å². The molecule has 1 aromatic carbocycles. The van der Waals surface area contributed by atoms with E-state index in [1.807, 2.05) is 0 Å². The third kappa shape index (κ3) is 9.97. The molecule has 2 rings (SSSR count). The molecule has 0 unspecified atom stereocenters. The molecule has 1 fully saturated rings. The lowest BCUT2D eigenvalue weighted by molar-refractivity contribution is -0.139. The van der Waals surface area contributed by atoms with Crippen LogP contribution in [0.2, 0.25) is 0 Å². The number of ether oxygens (including phenoxy) is 1. The van der Waals surface area contributed by atoms with Crippen molar-refractivity contribution in [3.63, 3.8) is 0 Å². The van der Waals surface area contributed by atoms with E-state index in [1.165, 1.54) is 28.9 Å². The lowest BCUT2D eigenvalue weighted by Crippen LogP contribution is -2.52. The van der Waals surface area contributed by atoms with Crippen LogP contribution >= 0.6 is 0 Å². The Kier molecular flexibility index (Phi) is 12.5. The number of carboxylic acid groups (broad SMARTS) is 1. The Morgan fingerprint density at radius 3 is 2.32 bits per heavy atom. The Labute approximate surface area is 220 Å². The first kappa shape index (κ1) is 31.1. The molecule has 38 heavy (non-hydrogen) atoms. The number of amides is 3. The standard InChI is InChI=1S/C25H36FN3O9/c1-16(30)27-19(8-9-22(33)34)25(37)28-10-2-3-13-38-15-21(32)23(35)20(31)14-29(12-11-28)24(36)17-4-6-18(26)7-5-17/h4-7,19-21,23,31-32,35H,2-3,8-15H2,1H3,(H,27,30)(H,33,34)/t19-,20-,21+,23+/m0/s1. The molecule has 0 spiro atoms. The van der Waals surface area contributed by atoms with Crippen molar-refractivity contribution in [3.05, 3.63) is 35.6 Å². The number of rotatable bonds is 6. The number of β-amino-alcohol motifs (C(OH)–C–C–N with tert-alkyl or cyclic N) is 1. The number of nitrogens with zero attached hydrogens (tertiary/aromatic N) is 2. The van der Waals surface area contributed by atoms with Crippen molar-refractivity contribution >= 4 is 23.7 Å². The lowest BCUT2D eigenvalue weighted by Gasteiger charge is -2.33. The average Bonchev–Trinajstić information content (AvgIpc) is 2.87. The van der Waals surface area contributed by atoms with Crippen LogP contribution in [0.4, 0.5) is 4.39 Å². The largest absolute Gasteiger partial charge is 0.481 e. The molecular formula is C25H36FN3O9. The third-order valence-electron chi connectivity index (χ3n) is 6.10. The van der Waals surface area contributed by atoms with Crippen LogP contribution in [0.15, 0.2) is 24.3 Å². The third-order valence-corrected chi connectivity index (χ3v) is 6.10. The van der Waals surface area contributed by atoms with E-state index in [2.05, 4.69) is 5.32 Å². The minimum atomic E-state index is -1.63. The van der Waals surface area contributed by atoms with Crippen molar-refractivity contribution in [1.29, 1.82) is 0 Å². The molecule has 3 amide bonds. The van der Waals surface area contributed by atoms with E-state index in [4.69, 9.17) is 9.84 Å². The summed E-state index contributed by atoms with van der Waals surface area (Å²) >= 11 is 0. The second-order valence-electron chi connectivity index (χ2n) is 9.18. The molecule has 0 radical (unpaired) electrons. The molecular weight excluding hydrogens is 505 g/mol. The van der Waals surface area contributed by atoms with Crippen LogP contribution in [0.5, 0.6) is 0 Å². The summed E-state index contributed by atoms with van der Waals surface area (Å²) in [7, 11) is 0. The predicted octanol–water partition coefficient (Wildman–Crippen LogP) is -0.641. The maximum atomic E-state index is 13.4. The van der Waals surface area contributed by atoms with Gasteiger partial charge in [-0.1, -0.05) is 0 Å². The van der Waals surface area contributed by atoms with Crippen molar-refractivity contribution in [2.45, 2.75) is 57.0 Å². The first-order chi connectivity index (χ1) is 18.0. The Morgan fingerprint density at radius 2 is 1.68 bits per heavy atom. The lowest BCUT2D eigenvalue weighted by atomic mass is 10.1. The monoisotopic (exact) mass is 541 g/mol. The van der Waals surface area contributed by atoms with Crippen LogP contribution < -0.4 is 5.32 Å². The van der Waals surface area contributed by atoms with Gasteiger partial charge in [0.2, 0.25) is 11.8 Å². The van der Waals surface area contributed by atoms with Crippen LogP contribution in [0.3, 0.4) is 0 Å². The zero-order chi connectivity index (χ0) is 28.2. The molecule has 1 heterocycles. The first-order valence-corrected chi connectivity index (χ1v) is 12.4. The molecule has 0 saturated carbocycles. The van der Waals surface area contributed by atoms with Gasteiger partial charge in [0.1, 0.15) is 30.2 Å². The summed E-state index contributed by atoms with van der Waals surface area (Å²) in [4.78, 5) is 51.9. The van der Waals surface area contributed by atoms with Crippen LogP contribution in [0, 0.1) is 5.82 Å². The van der Waals surface area contributed by atoms with Gasteiger partial charge in [-0.15, -0.1) is 0 Å². The van der Waals surface area contributed by atoms with Crippen LogP contribution in [-0.4, -0.2) is 118 Å². The summed E-state index contributed by atoms with van der Waals surface area (Å²) in [5.41, 5.74) is 0.105. The number of carboxylic acids is 1. The maximum Gasteiger partial charge on any atom is 0.303 e. The summed E-state index contributed by atoms with van der Waals surface area (Å²) in [6, 6.07) is 3.62. The van der Waals surface area contributed by atoms with Crippen molar-refractivity contribution < 1.29 is 48.7 Å². The SMILES string of the molecule is CC(=O)N[C@@H](CCC(=O)O)C(=O)N1CCCCOC[C@@H](O)[C@H](O)[C@@H](O)CN(C(=O)c2ccc(F)cc2)CC1. The number of carbonyl (C=O) groups is 4. The van der Waals surface area contributed by atoms with Crippen molar-refractivity contribution in [2.24, 2.45) is 0 Å². The van der Waals surface area contributed by atoms with E-state index in [1.54, 1.807) is 0 Å². The highest BCUT2D eigenvalue weighted by molar-refractivity contribution is 5.94. The molecule has 0 aliphatic carbocycles. The Balaban J connectivity index is 2.31. The summed E-state index contributed by atoms with van der Waals surface area (Å²) in [5, 5.41) is 42.6. The van der Waals surface area contributed by atoms with Gasteiger partial charge in [-0.2, -0.15) is 0 Å².